The second kappa shape index (κ2) is 5.34. The lowest BCUT2D eigenvalue weighted by molar-refractivity contribution is -0.142. The fourth-order valence-corrected chi connectivity index (χ4v) is 3.30. The van der Waals surface area contributed by atoms with Gasteiger partial charge in [-0.25, -0.2) is 4.98 Å². The SMILES string of the molecule is N#Cc1ccnc(N2CC[C@H](O)[C@@]3(CCCNC3=O)C2)c1. The van der Waals surface area contributed by atoms with E-state index in [-0.39, 0.29) is 5.91 Å². The molecule has 1 aromatic rings. The highest BCUT2D eigenvalue weighted by molar-refractivity contribution is 5.85. The van der Waals surface area contributed by atoms with Crippen LogP contribution in [0.1, 0.15) is 24.8 Å². The first-order chi connectivity index (χ1) is 10.2. The third-order valence-corrected chi connectivity index (χ3v) is 4.52. The fraction of sp³-hybridized carbons (Fsp3) is 0.533. The van der Waals surface area contributed by atoms with E-state index in [9.17, 15) is 9.90 Å². The van der Waals surface area contributed by atoms with E-state index in [2.05, 4.69) is 16.4 Å². The quantitative estimate of drug-likeness (QED) is 0.781. The van der Waals surface area contributed by atoms with Gasteiger partial charge in [0.2, 0.25) is 5.91 Å². The van der Waals surface area contributed by atoms with Crippen molar-refractivity contribution in [2.24, 2.45) is 5.41 Å². The van der Waals surface area contributed by atoms with Crippen LogP contribution < -0.4 is 10.2 Å². The number of aromatic nitrogens is 1. The molecular formula is C15H18N4O2. The molecule has 2 aliphatic rings. The first kappa shape index (κ1) is 13.8. The lowest BCUT2D eigenvalue weighted by Gasteiger charge is -2.47. The van der Waals surface area contributed by atoms with Crippen molar-refractivity contribution in [2.45, 2.75) is 25.4 Å². The average Bonchev–Trinajstić information content (AvgIpc) is 2.53. The molecule has 1 amide bonds. The summed E-state index contributed by atoms with van der Waals surface area (Å²) in [5.41, 5.74) is -0.200. The Kier molecular flexibility index (Phi) is 3.52. The van der Waals surface area contributed by atoms with Gasteiger partial charge in [-0.15, -0.1) is 0 Å². The number of nitriles is 1. The minimum Gasteiger partial charge on any atom is -0.392 e. The number of rotatable bonds is 1. The monoisotopic (exact) mass is 286 g/mol. The van der Waals surface area contributed by atoms with Crippen LogP contribution in [0.25, 0.3) is 0 Å². The number of hydrogen-bond acceptors (Lipinski definition) is 5. The third kappa shape index (κ3) is 2.34. The molecular weight excluding hydrogens is 268 g/mol. The molecule has 21 heavy (non-hydrogen) atoms. The Hall–Kier alpha value is -2.13. The summed E-state index contributed by atoms with van der Waals surface area (Å²) < 4.78 is 0. The number of hydrogen-bond donors (Lipinski definition) is 2. The van der Waals surface area contributed by atoms with Crippen LogP contribution in [-0.4, -0.2) is 41.7 Å². The minimum atomic E-state index is -0.749. The summed E-state index contributed by atoms with van der Waals surface area (Å²) in [5.74, 6) is 0.626. The van der Waals surface area contributed by atoms with E-state index in [4.69, 9.17) is 5.26 Å². The topological polar surface area (TPSA) is 89.2 Å². The number of carbonyl (C=O) groups is 1. The molecule has 0 bridgehead atoms. The first-order valence-electron chi connectivity index (χ1n) is 7.23. The summed E-state index contributed by atoms with van der Waals surface area (Å²) >= 11 is 0. The second-order valence-electron chi connectivity index (χ2n) is 5.76. The van der Waals surface area contributed by atoms with Gasteiger partial charge >= 0.3 is 0 Å². The number of pyridine rings is 1. The molecule has 2 N–H and O–H groups in total. The minimum absolute atomic E-state index is 0.0672. The van der Waals surface area contributed by atoms with Crippen LogP contribution in [0.2, 0.25) is 0 Å². The van der Waals surface area contributed by atoms with Gasteiger partial charge in [0, 0.05) is 25.8 Å². The molecule has 110 valence electrons. The highest BCUT2D eigenvalue weighted by Crippen LogP contribution is 2.38. The van der Waals surface area contributed by atoms with Gasteiger partial charge in [-0.05, 0) is 31.4 Å². The van der Waals surface area contributed by atoms with Crippen molar-refractivity contribution < 1.29 is 9.90 Å². The molecule has 3 heterocycles. The smallest absolute Gasteiger partial charge is 0.230 e. The maximum atomic E-state index is 12.3. The Morgan fingerprint density at radius 3 is 3.19 bits per heavy atom. The number of piperidine rings is 2. The van der Waals surface area contributed by atoms with Gasteiger partial charge in [0.1, 0.15) is 5.82 Å². The molecule has 0 unspecified atom stereocenters. The number of carbonyl (C=O) groups excluding carboxylic acids is 1. The Bertz CT molecular complexity index is 598. The van der Waals surface area contributed by atoms with Crippen molar-refractivity contribution >= 4 is 11.7 Å². The molecule has 1 spiro atoms. The molecule has 6 heteroatoms. The molecule has 3 rings (SSSR count). The van der Waals surface area contributed by atoms with E-state index in [1.54, 1.807) is 18.3 Å². The van der Waals surface area contributed by atoms with Crippen LogP contribution >= 0.6 is 0 Å². The lowest BCUT2D eigenvalue weighted by atomic mass is 9.71. The summed E-state index contributed by atoms with van der Waals surface area (Å²) in [6.07, 6.45) is 3.09. The number of anilines is 1. The molecule has 0 saturated carbocycles. The van der Waals surface area contributed by atoms with Gasteiger partial charge in [-0.2, -0.15) is 5.26 Å². The predicted octanol–water partition coefficient (Wildman–Crippen LogP) is 0.421. The molecule has 6 nitrogen and oxygen atoms in total. The fourth-order valence-electron chi connectivity index (χ4n) is 3.30. The molecule has 0 aromatic carbocycles. The molecule has 2 atom stereocenters. The first-order valence-corrected chi connectivity index (χ1v) is 7.23. The van der Waals surface area contributed by atoms with Crippen LogP contribution in [0.15, 0.2) is 18.3 Å². The summed E-state index contributed by atoms with van der Waals surface area (Å²) in [5, 5.41) is 22.2. The van der Waals surface area contributed by atoms with Gasteiger partial charge in [-0.1, -0.05) is 0 Å². The molecule has 0 aliphatic carbocycles. The van der Waals surface area contributed by atoms with E-state index < -0.39 is 11.5 Å². The number of nitrogens with one attached hydrogen (secondary N) is 1. The highest BCUT2D eigenvalue weighted by atomic mass is 16.3. The molecule has 1 aromatic heterocycles. The maximum Gasteiger partial charge on any atom is 0.230 e. The summed E-state index contributed by atoms with van der Waals surface area (Å²) in [6.45, 7) is 1.76. The van der Waals surface area contributed by atoms with Crippen molar-refractivity contribution in [2.75, 3.05) is 24.5 Å². The van der Waals surface area contributed by atoms with E-state index in [1.807, 2.05) is 4.90 Å². The maximum absolute atomic E-state index is 12.3. The van der Waals surface area contributed by atoms with Gasteiger partial charge in [0.25, 0.3) is 0 Å². The van der Waals surface area contributed by atoms with E-state index in [0.29, 0.717) is 43.9 Å². The van der Waals surface area contributed by atoms with Gasteiger partial charge in [-0.3, -0.25) is 4.79 Å². The standard InChI is InChI=1S/C15H18N4O2/c16-9-11-2-6-17-13(8-11)19-7-3-12(20)15(10-19)4-1-5-18-14(15)21/h2,6,8,12,20H,1,3-5,7,10H2,(H,18,21)/t12-,15+/m0/s1. The number of nitrogens with zero attached hydrogens (tertiary/aromatic N) is 3. The lowest BCUT2D eigenvalue weighted by Crippen LogP contribution is -2.61. The number of aliphatic hydroxyl groups is 1. The van der Waals surface area contributed by atoms with Crippen molar-refractivity contribution in [1.82, 2.24) is 10.3 Å². The number of amides is 1. The van der Waals surface area contributed by atoms with E-state index in [1.165, 1.54) is 0 Å². The second-order valence-corrected chi connectivity index (χ2v) is 5.76. The third-order valence-electron chi connectivity index (χ3n) is 4.52. The van der Waals surface area contributed by atoms with Gasteiger partial charge < -0.3 is 15.3 Å². The normalized spacial score (nSPS) is 29.0. The zero-order chi connectivity index (χ0) is 14.9. The molecule has 2 aliphatic heterocycles. The zero-order valence-corrected chi connectivity index (χ0v) is 11.7. The van der Waals surface area contributed by atoms with Crippen molar-refractivity contribution in [3.63, 3.8) is 0 Å². The predicted molar refractivity (Wildman–Crippen MR) is 76.5 cm³/mol. The summed E-state index contributed by atoms with van der Waals surface area (Å²) in [6, 6.07) is 5.49. The Balaban J connectivity index is 1.88. The van der Waals surface area contributed by atoms with Crippen molar-refractivity contribution in [1.29, 1.82) is 5.26 Å². The van der Waals surface area contributed by atoms with Crippen LogP contribution in [0.3, 0.4) is 0 Å². The van der Waals surface area contributed by atoms with Gasteiger partial charge in [0.05, 0.1) is 23.2 Å². The Morgan fingerprint density at radius 1 is 1.57 bits per heavy atom. The summed E-state index contributed by atoms with van der Waals surface area (Å²) in [4.78, 5) is 18.6. The van der Waals surface area contributed by atoms with Crippen molar-refractivity contribution in [3.05, 3.63) is 23.9 Å². The van der Waals surface area contributed by atoms with E-state index in [0.717, 1.165) is 6.42 Å². The zero-order valence-electron chi connectivity index (χ0n) is 11.7. The molecule has 2 fully saturated rings. The number of aliphatic hydroxyl groups excluding tert-OH is 1. The Morgan fingerprint density at radius 2 is 2.43 bits per heavy atom. The van der Waals surface area contributed by atoms with E-state index >= 15 is 0 Å². The molecule has 0 radical (unpaired) electrons. The van der Waals surface area contributed by atoms with Crippen LogP contribution in [0, 0.1) is 16.7 Å². The molecule has 2 saturated heterocycles. The Labute approximate surface area is 123 Å². The van der Waals surface area contributed by atoms with Gasteiger partial charge in [0.15, 0.2) is 0 Å². The summed E-state index contributed by atoms with van der Waals surface area (Å²) in [7, 11) is 0. The van der Waals surface area contributed by atoms with Crippen LogP contribution in [0.4, 0.5) is 5.82 Å². The van der Waals surface area contributed by atoms with Crippen LogP contribution in [0.5, 0.6) is 0 Å². The average molecular weight is 286 g/mol. The van der Waals surface area contributed by atoms with Crippen molar-refractivity contribution in [3.8, 4) is 6.07 Å². The largest absolute Gasteiger partial charge is 0.392 e. The highest BCUT2D eigenvalue weighted by Gasteiger charge is 2.50. The van der Waals surface area contributed by atoms with Crippen LogP contribution in [-0.2, 0) is 4.79 Å².